The average Bonchev–Trinajstić information content (AvgIpc) is 2.81. The molecule has 0 bridgehead atoms. The first kappa shape index (κ1) is 15.8. The van der Waals surface area contributed by atoms with Crippen LogP contribution in [-0.4, -0.2) is 36.3 Å². The highest BCUT2D eigenvalue weighted by atomic mass is 16.2. The normalized spacial score (nSPS) is 20.7. The zero-order valence-corrected chi connectivity index (χ0v) is 13.7. The van der Waals surface area contributed by atoms with Gasteiger partial charge in [0.05, 0.1) is 12.5 Å². The van der Waals surface area contributed by atoms with E-state index >= 15 is 0 Å². The number of carbonyl (C=O) groups is 2. The van der Waals surface area contributed by atoms with Gasteiger partial charge in [0.15, 0.2) is 0 Å². The van der Waals surface area contributed by atoms with Gasteiger partial charge in [-0.05, 0) is 36.8 Å². The van der Waals surface area contributed by atoms with Crippen LogP contribution in [0.4, 0.5) is 0 Å². The molecule has 1 aliphatic carbocycles. The summed E-state index contributed by atoms with van der Waals surface area (Å²) in [6, 6.07) is 10.3. The second-order valence-electron chi connectivity index (χ2n) is 6.44. The number of nitrogens with one attached hydrogen (secondary N) is 1. The van der Waals surface area contributed by atoms with Crippen molar-refractivity contribution in [2.45, 2.75) is 44.6 Å². The third-order valence-electron chi connectivity index (χ3n) is 4.93. The first-order valence-electron chi connectivity index (χ1n) is 8.46. The lowest BCUT2D eigenvalue weighted by atomic mass is 9.88. The van der Waals surface area contributed by atoms with E-state index < -0.39 is 0 Å². The van der Waals surface area contributed by atoms with E-state index in [0.29, 0.717) is 6.54 Å². The lowest BCUT2D eigenvalue weighted by molar-refractivity contribution is -0.127. The van der Waals surface area contributed by atoms with E-state index in [2.05, 4.69) is 17.4 Å². The van der Waals surface area contributed by atoms with Gasteiger partial charge in [0, 0.05) is 19.2 Å². The number of benzene rings is 1. The molecule has 1 aromatic carbocycles. The van der Waals surface area contributed by atoms with Crippen molar-refractivity contribution < 1.29 is 9.59 Å². The molecule has 1 aromatic rings. The Balaban J connectivity index is 1.56. The van der Waals surface area contributed by atoms with E-state index in [1.807, 2.05) is 30.1 Å². The van der Waals surface area contributed by atoms with Gasteiger partial charge in [0.1, 0.15) is 0 Å². The van der Waals surface area contributed by atoms with Crippen molar-refractivity contribution in [3.8, 4) is 0 Å². The predicted octanol–water partition coefficient (Wildman–Crippen LogP) is 2.45. The first-order valence-corrected chi connectivity index (χ1v) is 8.46. The standard InChI is InChI=1S/C19H24N2O2/c1-21-17-10-6-5-9-15(17)16(19(21)23)13-18(22)20-12-11-14-7-3-2-4-8-14/h2-4,7-8,17H,5-6,9-13H2,1H3,(H,20,22). The summed E-state index contributed by atoms with van der Waals surface area (Å²) in [5.74, 6) is 0.00140. The maximum Gasteiger partial charge on any atom is 0.250 e. The van der Waals surface area contributed by atoms with Gasteiger partial charge in [-0.1, -0.05) is 36.8 Å². The highest BCUT2D eigenvalue weighted by Gasteiger charge is 2.38. The minimum Gasteiger partial charge on any atom is -0.355 e. The van der Waals surface area contributed by atoms with Gasteiger partial charge in [0.2, 0.25) is 5.91 Å². The largest absolute Gasteiger partial charge is 0.355 e. The molecule has 0 aromatic heterocycles. The van der Waals surface area contributed by atoms with Gasteiger partial charge in [-0.15, -0.1) is 0 Å². The molecule has 0 spiro atoms. The van der Waals surface area contributed by atoms with Gasteiger partial charge in [0.25, 0.3) is 5.91 Å². The first-order chi connectivity index (χ1) is 11.2. The van der Waals surface area contributed by atoms with Crippen molar-refractivity contribution in [2.75, 3.05) is 13.6 Å². The topological polar surface area (TPSA) is 49.4 Å². The highest BCUT2D eigenvalue weighted by molar-refractivity contribution is 6.02. The predicted molar refractivity (Wildman–Crippen MR) is 89.8 cm³/mol. The maximum absolute atomic E-state index is 12.4. The fourth-order valence-electron chi connectivity index (χ4n) is 3.67. The van der Waals surface area contributed by atoms with Crippen molar-refractivity contribution in [3.05, 3.63) is 47.0 Å². The Kier molecular flexibility index (Phi) is 4.79. The van der Waals surface area contributed by atoms with E-state index in [-0.39, 0.29) is 24.3 Å². The number of rotatable bonds is 5. The maximum atomic E-state index is 12.4. The van der Waals surface area contributed by atoms with Gasteiger partial charge >= 0.3 is 0 Å². The molecule has 1 atom stereocenters. The average molecular weight is 312 g/mol. The molecule has 1 N–H and O–H groups in total. The van der Waals surface area contributed by atoms with E-state index in [9.17, 15) is 9.59 Å². The van der Waals surface area contributed by atoms with E-state index in [1.54, 1.807) is 0 Å². The minimum atomic E-state index is -0.0450. The summed E-state index contributed by atoms with van der Waals surface area (Å²) < 4.78 is 0. The molecule has 122 valence electrons. The molecule has 4 nitrogen and oxygen atoms in total. The van der Waals surface area contributed by atoms with Crippen LogP contribution in [0.3, 0.4) is 0 Å². The van der Waals surface area contributed by atoms with Crippen LogP contribution >= 0.6 is 0 Å². The summed E-state index contributed by atoms with van der Waals surface area (Å²) in [6.07, 6.45) is 5.34. The molecule has 1 unspecified atom stereocenters. The molecule has 2 amide bonds. The third-order valence-corrected chi connectivity index (χ3v) is 4.93. The van der Waals surface area contributed by atoms with Crippen molar-refractivity contribution in [1.82, 2.24) is 10.2 Å². The van der Waals surface area contributed by atoms with Crippen LogP contribution in [0.5, 0.6) is 0 Å². The Morgan fingerprint density at radius 1 is 1.26 bits per heavy atom. The summed E-state index contributed by atoms with van der Waals surface area (Å²) in [5, 5.41) is 2.95. The summed E-state index contributed by atoms with van der Waals surface area (Å²) >= 11 is 0. The van der Waals surface area contributed by atoms with Gasteiger partial charge < -0.3 is 10.2 Å². The zero-order chi connectivity index (χ0) is 16.2. The Morgan fingerprint density at radius 3 is 2.83 bits per heavy atom. The number of nitrogens with zero attached hydrogens (tertiary/aromatic N) is 1. The molecular formula is C19H24N2O2. The lowest BCUT2D eigenvalue weighted by Gasteiger charge is -2.26. The monoisotopic (exact) mass is 312 g/mol. The third kappa shape index (κ3) is 3.46. The van der Waals surface area contributed by atoms with E-state index in [4.69, 9.17) is 0 Å². The van der Waals surface area contributed by atoms with Gasteiger partial charge in [-0.3, -0.25) is 9.59 Å². The molecule has 2 aliphatic rings. The number of amides is 2. The molecule has 1 fully saturated rings. The van der Waals surface area contributed by atoms with Gasteiger partial charge in [-0.25, -0.2) is 0 Å². The Bertz CT molecular complexity index is 622. The summed E-state index contributed by atoms with van der Waals surface area (Å²) in [6.45, 7) is 0.610. The summed E-state index contributed by atoms with van der Waals surface area (Å²) in [4.78, 5) is 26.4. The second-order valence-corrected chi connectivity index (χ2v) is 6.44. The molecule has 23 heavy (non-hydrogen) atoms. The number of hydrogen-bond acceptors (Lipinski definition) is 2. The van der Waals surface area contributed by atoms with E-state index in [0.717, 1.165) is 31.3 Å². The van der Waals surface area contributed by atoms with Crippen molar-refractivity contribution in [2.24, 2.45) is 0 Å². The van der Waals surface area contributed by atoms with Crippen molar-refractivity contribution in [1.29, 1.82) is 0 Å². The quantitative estimate of drug-likeness (QED) is 0.908. The number of carbonyl (C=O) groups excluding carboxylic acids is 2. The molecule has 1 heterocycles. The van der Waals surface area contributed by atoms with Crippen LogP contribution in [0.1, 0.15) is 37.7 Å². The highest BCUT2D eigenvalue weighted by Crippen LogP contribution is 2.36. The van der Waals surface area contributed by atoms with Crippen molar-refractivity contribution in [3.63, 3.8) is 0 Å². The number of likely N-dealkylation sites (N-methyl/N-ethyl adjacent to an activating group) is 1. The van der Waals surface area contributed by atoms with Crippen LogP contribution in [-0.2, 0) is 16.0 Å². The minimum absolute atomic E-state index is 0.0450. The molecule has 4 heteroatoms. The van der Waals surface area contributed by atoms with Crippen LogP contribution in [0.15, 0.2) is 41.5 Å². The fourth-order valence-corrected chi connectivity index (χ4v) is 3.67. The van der Waals surface area contributed by atoms with Crippen molar-refractivity contribution >= 4 is 11.8 Å². The molecule has 1 saturated carbocycles. The lowest BCUT2D eigenvalue weighted by Crippen LogP contribution is -2.33. The number of fused-ring (bicyclic) bond motifs is 1. The Hall–Kier alpha value is -2.10. The van der Waals surface area contributed by atoms with E-state index in [1.165, 1.54) is 17.6 Å². The van der Waals surface area contributed by atoms with Gasteiger partial charge in [-0.2, -0.15) is 0 Å². The summed E-state index contributed by atoms with van der Waals surface area (Å²) in [7, 11) is 1.86. The fraction of sp³-hybridized carbons (Fsp3) is 0.474. The van der Waals surface area contributed by atoms with Crippen LogP contribution in [0, 0.1) is 0 Å². The molecule has 3 rings (SSSR count). The molecule has 0 radical (unpaired) electrons. The SMILES string of the molecule is CN1C(=O)C(CC(=O)NCCc2ccccc2)=C2CCCCC21. The van der Waals surface area contributed by atoms with Crippen LogP contribution < -0.4 is 5.32 Å². The summed E-state index contributed by atoms with van der Waals surface area (Å²) in [5.41, 5.74) is 3.16. The van der Waals surface area contributed by atoms with Crippen LogP contribution in [0.2, 0.25) is 0 Å². The number of hydrogen-bond donors (Lipinski definition) is 1. The molecule has 1 aliphatic heterocycles. The Labute approximate surface area is 137 Å². The molecule has 0 saturated heterocycles. The molecular weight excluding hydrogens is 288 g/mol. The zero-order valence-electron chi connectivity index (χ0n) is 13.7. The van der Waals surface area contributed by atoms with Crippen LogP contribution in [0.25, 0.3) is 0 Å². The Morgan fingerprint density at radius 2 is 2.04 bits per heavy atom. The smallest absolute Gasteiger partial charge is 0.250 e. The second kappa shape index (κ2) is 6.99.